The molecular formula is H10CoN5. The van der Waals surface area contributed by atoms with E-state index in [1.807, 2.05) is 0 Å². The van der Waals surface area contributed by atoms with Crippen molar-refractivity contribution >= 4 is 0 Å². The minimum absolute atomic E-state index is 3.54. The molecule has 0 spiro atoms. The zero-order chi connectivity index (χ0) is 5.45. The van der Waals surface area contributed by atoms with Crippen LogP contribution in [0.3, 0.4) is 0 Å². The SMILES string of the molecule is [NH2][Co]([NH2])([NH2])([NH2])[NH2]. The molecular weight excluding hydrogens is 129 g/mol. The van der Waals surface area contributed by atoms with E-state index < -0.39 is 12.7 Å². The van der Waals surface area contributed by atoms with E-state index in [4.69, 9.17) is 23.9 Å². The number of hydrogen-bond acceptors (Lipinski definition) is 5. The Morgan fingerprint density at radius 2 is 0.667 bits per heavy atom. The summed E-state index contributed by atoms with van der Waals surface area (Å²) in [4.78, 5) is 24.2. The predicted molar refractivity (Wildman–Crippen MR) is 20.9 cm³/mol. The van der Waals surface area contributed by atoms with Crippen molar-refractivity contribution in [2.75, 3.05) is 0 Å². The van der Waals surface area contributed by atoms with Crippen LogP contribution in [0.1, 0.15) is 0 Å². The summed E-state index contributed by atoms with van der Waals surface area (Å²) in [5, 5.41) is 0. The van der Waals surface area contributed by atoms with Gasteiger partial charge in [-0.25, -0.2) is 0 Å². The van der Waals surface area contributed by atoms with Gasteiger partial charge in [0.15, 0.2) is 0 Å². The van der Waals surface area contributed by atoms with Crippen LogP contribution in [-0.4, -0.2) is 0 Å². The van der Waals surface area contributed by atoms with Crippen molar-refractivity contribution in [3.63, 3.8) is 0 Å². The Kier molecular flexibility index (Phi) is 0.974. The molecule has 0 saturated carbocycles. The Hall–Kier alpha value is 0.306. The maximum atomic E-state index is 4.84. The molecule has 0 aliphatic heterocycles. The summed E-state index contributed by atoms with van der Waals surface area (Å²) in [6.45, 7) is 0. The van der Waals surface area contributed by atoms with Crippen molar-refractivity contribution < 1.29 is 12.7 Å². The maximum absolute atomic E-state index is 4.84. The third-order valence-corrected chi connectivity index (χ3v) is 0. The van der Waals surface area contributed by atoms with Crippen LogP contribution in [0.4, 0.5) is 0 Å². The quantitative estimate of drug-likeness (QED) is 0.245. The summed E-state index contributed by atoms with van der Waals surface area (Å²) in [7, 11) is 0. The second-order valence-corrected chi connectivity index (χ2v) is 4.58. The van der Waals surface area contributed by atoms with Crippen molar-refractivity contribution in [2.45, 2.75) is 0 Å². The molecule has 10 N–H and O–H groups in total. The Morgan fingerprint density at radius 1 is 0.667 bits per heavy atom. The number of rotatable bonds is 0. The molecule has 0 rings (SSSR count). The molecule has 0 aliphatic rings. The number of hydrogen-bond donors (Lipinski definition) is 5. The van der Waals surface area contributed by atoms with Crippen LogP contribution in [0, 0.1) is 0 Å². The molecule has 0 bridgehead atoms. The van der Waals surface area contributed by atoms with Gasteiger partial charge in [-0.2, -0.15) is 0 Å². The van der Waals surface area contributed by atoms with Crippen LogP contribution in [0.2, 0.25) is 0 Å². The Balaban J connectivity index is 3.73. The summed E-state index contributed by atoms with van der Waals surface area (Å²) in [5.41, 5.74) is 0. The van der Waals surface area contributed by atoms with Gasteiger partial charge in [-0.1, -0.05) is 0 Å². The molecule has 0 aromatic heterocycles. The van der Waals surface area contributed by atoms with E-state index >= 15 is 0 Å². The van der Waals surface area contributed by atoms with E-state index in [2.05, 4.69) is 0 Å². The van der Waals surface area contributed by atoms with Gasteiger partial charge >= 0.3 is 36.6 Å². The standard InChI is InChI=1S/Co.5H2N/h;5*1H2/q+5;5*-1. The molecule has 6 heavy (non-hydrogen) atoms. The number of nitrogens with two attached hydrogens (primary N) is 5. The van der Waals surface area contributed by atoms with Crippen LogP contribution in [0.5, 0.6) is 0 Å². The predicted octanol–water partition coefficient (Wildman–Crippen LogP) is -2.96. The second kappa shape index (κ2) is 0.926. The normalized spacial score (nSPS) is 19.2. The van der Waals surface area contributed by atoms with Gasteiger partial charge in [-0.05, 0) is 0 Å². The van der Waals surface area contributed by atoms with E-state index in [0.29, 0.717) is 0 Å². The zero-order valence-electron chi connectivity index (χ0n) is 3.22. The Bertz CT molecular complexity index is 37.1. The Labute approximate surface area is 37.4 Å². The first-order valence-corrected chi connectivity index (χ1v) is 3.97. The molecule has 0 aromatic rings. The van der Waals surface area contributed by atoms with Gasteiger partial charge in [-0.3, -0.25) is 0 Å². The van der Waals surface area contributed by atoms with Crippen LogP contribution >= 0.6 is 0 Å². The first-order valence-electron chi connectivity index (χ1n) is 0.962. The molecule has 0 aromatic carbocycles. The summed E-state index contributed by atoms with van der Waals surface area (Å²) in [5.74, 6) is 0. The van der Waals surface area contributed by atoms with E-state index in [0.717, 1.165) is 0 Å². The van der Waals surface area contributed by atoms with Gasteiger partial charge < -0.3 is 0 Å². The molecule has 0 fully saturated rings. The van der Waals surface area contributed by atoms with Gasteiger partial charge in [0.1, 0.15) is 0 Å². The third-order valence-electron chi connectivity index (χ3n) is 0. The van der Waals surface area contributed by atoms with Gasteiger partial charge in [0.2, 0.25) is 0 Å². The summed E-state index contributed by atoms with van der Waals surface area (Å²) in [6, 6.07) is 0. The summed E-state index contributed by atoms with van der Waals surface area (Å²) < 4.78 is 0. The zero-order valence-corrected chi connectivity index (χ0v) is 4.26. The molecule has 0 amide bonds. The van der Waals surface area contributed by atoms with E-state index in [1.165, 1.54) is 0 Å². The van der Waals surface area contributed by atoms with Crippen LogP contribution in [-0.2, 0) is 12.7 Å². The van der Waals surface area contributed by atoms with Gasteiger partial charge in [0, 0.05) is 0 Å². The first-order chi connectivity index (χ1) is 2.24. The molecule has 0 heterocycles. The topological polar surface area (TPSA) is 130 Å². The fraction of sp³-hybridized carbons (Fsp3) is 0. The van der Waals surface area contributed by atoms with Gasteiger partial charge in [0.05, 0.1) is 0 Å². The fourth-order valence-electron chi connectivity index (χ4n) is 0. The molecule has 5 nitrogen and oxygen atoms in total. The van der Waals surface area contributed by atoms with Crippen molar-refractivity contribution in [3.8, 4) is 0 Å². The first kappa shape index (κ1) is 6.31. The molecule has 0 saturated heterocycles. The van der Waals surface area contributed by atoms with Crippen molar-refractivity contribution in [1.82, 2.24) is 0 Å². The molecule has 0 radical (unpaired) electrons. The van der Waals surface area contributed by atoms with Gasteiger partial charge in [-0.15, -0.1) is 0 Å². The molecule has 0 atom stereocenters. The van der Waals surface area contributed by atoms with Crippen LogP contribution < -0.4 is 23.9 Å². The molecule has 0 unspecified atom stereocenters. The van der Waals surface area contributed by atoms with Gasteiger partial charge in [0.25, 0.3) is 0 Å². The average Bonchev–Trinajstić information content (AvgIpc) is 0.650. The summed E-state index contributed by atoms with van der Waals surface area (Å²) in [6.07, 6.45) is 0. The molecule has 44 valence electrons. The van der Waals surface area contributed by atoms with Crippen molar-refractivity contribution in [1.29, 1.82) is 0 Å². The average molecular weight is 139 g/mol. The van der Waals surface area contributed by atoms with E-state index in [9.17, 15) is 0 Å². The van der Waals surface area contributed by atoms with Crippen LogP contribution in [0.25, 0.3) is 0 Å². The third kappa shape index (κ3) is 501. The Morgan fingerprint density at radius 3 is 0.667 bits per heavy atom. The van der Waals surface area contributed by atoms with Crippen molar-refractivity contribution in [2.24, 2.45) is 23.9 Å². The van der Waals surface area contributed by atoms with Crippen molar-refractivity contribution in [3.05, 3.63) is 0 Å². The fourth-order valence-corrected chi connectivity index (χ4v) is 0. The van der Waals surface area contributed by atoms with E-state index in [-0.39, 0.29) is 0 Å². The monoisotopic (exact) mass is 139 g/mol. The molecule has 0 aliphatic carbocycles. The van der Waals surface area contributed by atoms with Crippen LogP contribution in [0.15, 0.2) is 0 Å². The summed E-state index contributed by atoms with van der Waals surface area (Å²) >= 11 is -3.54. The minimum atomic E-state index is -3.54. The second-order valence-electron chi connectivity index (χ2n) is 1.11. The van der Waals surface area contributed by atoms with E-state index in [1.54, 1.807) is 0 Å². The molecule has 6 heteroatoms.